The Morgan fingerprint density at radius 1 is 1.25 bits per heavy atom. The highest BCUT2D eigenvalue weighted by molar-refractivity contribution is 5.95. The fraction of sp³-hybridized carbons (Fsp3) is 0.190. The number of aryl methyl sites for hydroxylation is 2. The van der Waals surface area contributed by atoms with Crippen molar-refractivity contribution in [1.82, 2.24) is 15.2 Å². The van der Waals surface area contributed by atoms with Gasteiger partial charge in [0.1, 0.15) is 11.5 Å². The minimum Gasteiger partial charge on any atom is -0.507 e. The van der Waals surface area contributed by atoms with E-state index in [1.54, 1.807) is 18.2 Å². The van der Waals surface area contributed by atoms with Crippen LogP contribution in [0, 0.1) is 13.8 Å². The van der Waals surface area contributed by atoms with Crippen LogP contribution in [0.25, 0.3) is 0 Å². The molecule has 2 N–H and O–H groups in total. The number of nitrogens with one attached hydrogen (secondary N) is 1. The predicted molar refractivity (Wildman–Crippen MR) is 107 cm³/mol. The van der Waals surface area contributed by atoms with Gasteiger partial charge in [0.05, 0.1) is 25.6 Å². The molecular formula is C21H22N4O3. The molecule has 0 saturated heterocycles. The van der Waals surface area contributed by atoms with Crippen molar-refractivity contribution in [1.29, 1.82) is 0 Å². The molecule has 7 heteroatoms. The van der Waals surface area contributed by atoms with E-state index in [2.05, 4.69) is 15.6 Å². The Morgan fingerprint density at radius 2 is 2.07 bits per heavy atom. The zero-order valence-corrected chi connectivity index (χ0v) is 16.0. The molecule has 1 amide bonds. The van der Waals surface area contributed by atoms with E-state index in [-0.39, 0.29) is 11.7 Å². The van der Waals surface area contributed by atoms with E-state index in [0.717, 1.165) is 17.0 Å². The molecule has 0 spiro atoms. The fourth-order valence-electron chi connectivity index (χ4n) is 2.81. The number of hydrazone groups is 1. The van der Waals surface area contributed by atoms with Gasteiger partial charge in [-0.15, -0.1) is 0 Å². The number of carbonyl (C=O) groups is 1. The first kappa shape index (κ1) is 19.2. The van der Waals surface area contributed by atoms with E-state index in [1.165, 1.54) is 19.4 Å². The van der Waals surface area contributed by atoms with Crippen LogP contribution in [0.15, 0.2) is 53.6 Å². The molecule has 144 valence electrons. The van der Waals surface area contributed by atoms with Gasteiger partial charge in [-0.1, -0.05) is 12.1 Å². The number of phenolic OH excluding ortho intramolecular Hbond substituents is 1. The lowest BCUT2D eigenvalue weighted by Crippen LogP contribution is -2.18. The summed E-state index contributed by atoms with van der Waals surface area (Å²) in [7, 11) is 1.54. The largest absolute Gasteiger partial charge is 0.507 e. The van der Waals surface area contributed by atoms with Gasteiger partial charge in [0.25, 0.3) is 5.91 Å². The van der Waals surface area contributed by atoms with Crippen LogP contribution in [0.2, 0.25) is 0 Å². The third-order valence-corrected chi connectivity index (χ3v) is 4.23. The number of hydrogen-bond donors (Lipinski definition) is 2. The summed E-state index contributed by atoms with van der Waals surface area (Å²) in [6, 6.07) is 14.1. The van der Waals surface area contributed by atoms with Crippen molar-refractivity contribution in [2.45, 2.75) is 20.4 Å². The number of nitrogens with zero attached hydrogens (tertiary/aromatic N) is 3. The van der Waals surface area contributed by atoms with Gasteiger partial charge in [-0.25, -0.2) is 5.43 Å². The van der Waals surface area contributed by atoms with Gasteiger partial charge < -0.3 is 9.84 Å². The Balaban J connectivity index is 1.69. The zero-order valence-electron chi connectivity index (χ0n) is 16.0. The molecular weight excluding hydrogens is 356 g/mol. The Kier molecular flexibility index (Phi) is 5.74. The van der Waals surface area contributed by atoms with Crippen molar-refractivity contribution in [2.75, 3.05) is 7.11 Å². The first-order chi connectivity index (χ1) is 13.5. The van der Waals surface area contributed by atoms with Gasteiger partial charge in [-0.2, -0.15) is 10.2 Å². The predicted octanol–water partition coefficient (Wildman–Crippen LogP) is 3.03. The number of benzene rings is 2. The van der Waals surface area contributed by atoms with Gasteiger partial charge in [-0.05, 0) is 55.8 Å². The number of carbonyl (C=O) groups excluding carboxylic acids is 1. The summed E-state index contributed by atoms with van der Waals surface area (Å²) in [5.74, 6) is 0.293. The maximum Gasteiger partial charge on any atom is 0.271 e. The molecule has 0 aliphatic heterocycles. The van der Waals surface area contributed by atoms with Gasteiger partial charge in [-0.3, -0.25) is 9.48 Å². The highest BCUT2D eigenvalue weighted by Gasteiger charge is 2.08. The summed E-state index contributed by atoms with van der Waals surface area (Å²) in [5, 5.41) is 18.2. The summed E-state index contributed by atoms with van der Waals surface area (Å²) in [4.78, 5) is 12.4. The lowest BCUT2D eigenvalue weighted by molar-refractivity contribution is 0.0955. The Bertz CT molecular complexity index is 1020. The van der Waals surface area contributed by atoms with Gasteiger partial charge in [0.15, 0.2) is 0 Å². The van der Waals surface area contributed by atoms with E-state index in [1.807, 2.05) is 42.8 Å². The number of amides is 1. The first-order valence-electron chi connectivity index (χ1n) is 8.76. The second-order valence-corrected chi connectivity index (χ2v) is 6.41. The smallest absolute Gasteiger partial charge is 0.271 e. The monoisotopic (exact) mass is 378 g/mol. The molecule has 28 heavy (non-hydrogen) atoms. The molecule has 0 radical (unpaired) electrons. The van der Waals surface area contributed by atoms with Crippen molar-refractivity contribution < 1.29 is 14.6 Å². The van der Waals surface area contributed by atoms with Gasteiger partial charge in [0.2, 0.25) is 0 Å². The third-order valence-electron chi connectivity index (χ3n) is 4.23. The second-order valence-electron chi connectivity index (χ2n) is 6.41. The molecule has 3 aromatic rings. The van der Waals surface area contributed by atoms with Crippen LogP contribution >= 0.6 is 0 Å². The highest BCUT2D eigenvalue weighted by Crippen LogP contribution is 2.21. The van der Waals surface area contributed by atoms with E-state index in [9.17, 15) is 9.90 Å². The topological polar surface area (TPSA) is 88.7 Å². The molecule has 0 aliphatic rings. The van der Waals surface area contributed by atoms with Crippen LogP contribution in [-0.4, -0.2) is 34.1 Å². The van der Waals surface area contributed by atoms with Gasteiger partial charge >= 0.3 is 0 Å². The molecule has 7 nitrogen and oxygen atoms in total. The molecule has 0 unspecified atom stereocenters. The van der Waals surface area contributed by atoms with E-state index >= 15 is 0 Å². The fourth-order valence-corrected chi connectivity index (χ4v) is 2.81. The van der Waals surface area contributed by atoms with Gasteiger partial charge in [0, 0.05) is 16.8 Å². The number of hydrogen-bond acceptors (Lipinski definition) is 5. The number of methoxy groups -OCH3 is 1. The molecule has 1 aromatic heterocycles. The van der Waals surface area contributed by atoms with E-state index in [4.69, 9.17) is 4.74 Å². The number of aromatic hydroxyl groups is 1. The van der Waals surface area contributed by atoms with Crippen molar-refractivity contribution >= 4 is 12.1 Å². The second kappa shape index (κ2) is 8.39. The molecule has 3 rings (SSSR count). The third kappa shape index (κ3) is 4.56. The zero-order chi connectivity index (χ0) is 20.1. The summed E-state index contributed by atoms with van der Waals surface area (Å²) in [6.07, 6.45) is 1.37. The minimum atomic E-state index is -0.339. The van der Waals surface area contributed by atoms with E-state index in [0.29, 0.717) is 23.4 Å². The number of ether oxygens (including phenoxy) is 1. The van der Waals surface area contributed by atoms with Crippen LogP contribution in [0.5, 0.6) is 11.5 Å². The molecule has 0 aliphatic carbocycles. The average molecular weight is 378 g/mol. The van der Waals surface area contributed by atoms with Crippen molar-refractivity contribution in [3.63, 3.8) is 0 Å². The molecule has 2 aromatic carbocycles. The summed E-state index contributed by atoms with van der Waals surface area (Å²) >= 11 is 0. The number of aromatic nitrogens is 2. The standard InChI is InChI=1S/C21H22N4O3/c1-14-9-15(2)25(24-14)13-16-5-4-6-17(10-16)21(27)23-22-12-18-11-19(28-3)7-8-20(18)26/h4-12,26H,13H2,1-3H3,(H,23,27)/b22-12-. The van der Waals surface area contributed by atoms with Crippen LogP contribution in [0.3, 0.4) is 0 Å². The Hall–Kier alpha value is -3.61. The van der Waals surface area contributed by atoms with Crippen molar-refractivity contribution in [3.05, 3.63) is 76.6 Å². The molecule has 0 bridgehead atoms. The molecule has 0 atom stereocenters. The number of rotatable bonds is 6. The Morgan fingerprint density at radius 3 is 2.79 bits per heavy atom. The van der Waals surface area contributed by atoms with E-state index < -0.39 is 0 Å². The molecule has 0 saturated carbocycles. The lowest BCUT2D eigenvalue weighted by atomic mass is 10.1. The number of phenols is 1. The van der Waals surface area contributed by atoms with Crippen LogP contribution in [-0.2, 0) is 6.54 Å². The minimum absolute atomic E-state index is 0.0469. The molecule has 1 heterocycles. The highest BCUT2D eigenvalue weighted by atomic mass is 16.5. The summed E-state index contributed by atoms with van der Waals surface area (Å²) in [6.45, 7) is 4.53. The van der Waals surface area contributed by atoms with Crippen LogP contribution in [0.4, 0.5) is 0 Å². The molecule has 0 fully saturated rings. The van der Waals surface area contributed by atoms with Crippen LogP contribution in [0.1, 0.15) is 32.9 Å². The normalized spacial score (nSPS) is 11.0. The average Bonchev–Trinajstić information content (AvgIpc) is 3.00. The maximum atomic E-state index is 12.4. The maximum absolute atomic E-state index is 12.4. The quantitative estimate of drug-likeness (QED) is 0.510. The SMILES string of the molecule is COc1ccc(O)c(/C=N\NC(=O)c2cccc(Cn3nc(C)cc3C)c2)c1. The lowest BCUT2D eigenvalue weighted by Gasteiger charge is -2.07. The van der Waals surface area contributed by atoms with Crippen molar-refractivity contribution in [2.24, 2.45) is 5.10 Å². The summed E-state index contributed by atoms with van der Waals surface area (Å²) < 4.78 is 7.01. The summed E-state index contributed by atoms with van der Waals surface area (Å²) in [5.41, 5.74) is 6.40. The van der Waals surface area contributed by atoms with Crippen LogP contribution < -0.4 is 10.2 Å². The first-order valence-corrected chi connectivity index (χ1v) is 8.76. The Labute approximate surface area is 163 Å². The van der Waals surface area contributed by atoms with Crippen molar-refractivity contribution in [3.8, 4) is 11.5 Å².